The van der Waals surface area contributed by atoms with E-state index in [9.17, 15) is 14.7 Å². The summed E-state index contributed by atoms with van der Waals surface area (Å²) < 4.78 is 15.5. The summed E-state index contributed by atoms with van der Waals surface area (Å²) in [6.07, 6.45) is 4.15. The number of rotatable bonds is 10. The summed E-state index contributed by atoms with van der Waals surface area (Å²) in [4.78, 5) is 23.8. The lowest BCUT2D eigenvalue weighted by Crippen LogP contribution is -2.24. The molecule has 7 heteroatoms. The third kappa shape index (κ3) is 5.04. The van der Waals surface area contributed by atoms with E-state index in [-0.39, 0.29) is 23.8 Å². The number of hydrogen-bond acceptors (Lipinski definition) is 6. The molecule has 154 valence electrons. The van der Waals surface area contributed by atoms with Gasteiger partial charge in [0.2, 0.25) is 5.91 Å². The lowest BCUT2D eigenvalue weighted by molar-refractivity contribution is -0.121. The number of amides is 1. The average molecular weight is 391 g/mol. The van der Waals surface area contributed by atoms with Crippen molar-refractivity contribution in [3.63, 3.8) is 0 Å². The van der Waals surface area contributed by atoms with Crippen LogP contribution in [0.15, 0.2) is 11.6 Å². The number of carbonyl (C=O) groups is 2. The van der Waals surface area contributed by atoms with Crippen molar-refractivity contribution in [2.75, 3.05) is 27.4 Å². The van der Waals surface area contributed by atoms with Crippen LogP contribution in [-0.4, -0.2) is 44.4 Å². The monoisotopic (exact) mass is 391 g/mol. The maximum atomic E-state index is 11.9. The van der Waals surface area contributed by atoms with Crippen molar-refractivity contribution >= 4 is 11.9 Å². The van der Waals surface area contributed by atoms with Crippen molar-refractivity contribution in [1.29, 1.82) is 0 Å². The predicted molar refractivity (Wildman–Crippen MR) is 105 cm³/mol. The molecule has 2 N–H and O–H groups in total. The Morgan fingerprint density at radius 1 is 1.32 bits per heavy atom. The molecular formula is C21H29NO6. The normalized spacial score (nSPS) is 13.3. The summed E-state index contributed by atoms with van der Waals surface area (Å²) >= 11 is 0. The van der Waals surface area contributed by atoms with Crippen LogP contribution in [0.1, 0.15) is 53.2 Å². The van der Waals surface area contributed by atoms with E-state index >= 15 is 0 Å². The number of esters is 1. The second-order valence-corrected chi connectivity index (χ2v) is 6.87. The number of ether oxygens (including phenoxy) is 3. The summed E-state index contributed by atoms with van der Waals surface area (Å²) in [6.45, 7) is 5.17. The molecule has 2 rings (SSSR count). The van der Waals surface area contributed by atoms with Crippen LogP contribution in [-0.2, 0) is 27.3 Å². The minimum Gasteiger partial charge on any atom is -0.507 e. The van der Waals surface area contributed by atoms with Gasteiger partial charge in [0.15, 0.2) is 0 Å². The zero-order chi connectivity index (χ0) is 20.7. The molecule has 0 saturated heterocycles. The fourth-order valence-corrected chi connectivity index (χ4v) is 3.25. The van der Waals surface area contributed by atoms with Gasteiger partial charge >= 0.3 is 5.97 Å². The molecular weight excluding hydrogens is 362 g/mol. The SMILES string of the molecule is COCCCNC(=O)CCC(C)=CCc1c(O)c2c(c(C)c1OC)COC2=O. The third-order valence-electron chi connectivity index (χ3n) is 4.90. The Labute approximate surface area is 165 Å². The number of cyclic esters (lactones) is 1. The standard InChI is InChI=1S/C21H29NO6/c1-13(7-9-17(23)22-10-5-11-26-3)6-8-15-19(24)18-16(12-28-21(18)25)14(2)20(15)27-4/h6,24H,5,7-12H2,1-4H3,(H,22,23). The summed E-state index contributed by atoms with van der Waals surface area (Å²) in [5.74, 6) is -0.0277. The number of fused-ring (bicyclic) bond motifs is 1. The molecule has 0 atom stereocenters. The lowest BCUT2D eigenvalue weighted by Gasteiger charge is -2.15. The molecule has 1 aromatic carbocycles. The van der Waals surface area contributed by atoms with Gasteiger partial charge in [-0.05, 0) is 38.7 Å². The highest BCUT2D eigenvalue weighted by Crippen LogP contribution is 2.42. The third-order valence-corrected chi connectivity index (χ3v) is 4.90. The van der Waals surface area contributed by atoms with E-state index in [0.717, 1.165) is 17.6 Å². The Hall–Kier alpha value is -2.54. The van der Waals surface area contributed by atoms with E-state index in [1.165, 1.54) is 0 Å². The van der Waals surface area contributed by atoms with Crippen LogP contribution in [0.2, 0.25) is 0 Å². The Balaban J connectivity index is 2.03. The Morgan fingerprint density at radius 3 is 2.75 bits per heavy atom. The number of phenols is 1. The van der Waals surface area contributed by atoms with Gasteiger partial charge < -0.3 is 24.6 Å². The second kappa shape index (κ2) is 10.1. The molecule has 0 radical (unpaired) electrons. The van der Waals surface area contributed by atoms with Gasteiger partial charge in [0.1, 0.15) is 23.7 Å². The van der Waals surface area contributed by atoms with E-state index in [0.29, 0.717) is 49.3 Å². The first-order valence-corrected chi connectivity index (χ1v) is 9.40. The Morgan fingerprint density at radius 2 is 2.07 bits per heavy atom. The highest BCUT2D eigenvalue weighted by Gasteiger charge is 2.31. The van der Waals surface area contributed by atoms with Crippen LogP contribution in [0.4, 0.5) is 0 Å². The van der Waals surface area contributed by atoms with Crippen LogP contribution in [0.5, 0.6) is 11.5 Å². The van der Waals surface area contributed by atoms with Crippen LogP contribution < -0.4 is 10.1 Å². The van der Waals surface area contributed by atoms with Gasteiger partial charge in [0, 0.05) is 37.8 Å². The molecule has 0 bridgehead atoms. The number of allylic oxidation sites excluding steroid dienone is 2. The molecule has 0 aliphatic carbocycles. The molecule has 1 aromatic rings. The summed E-state index contributed by atoms with van der Waals surface area (Å²) in [5.41, 5.74) is 3.29. The Kier molecular flexibility index (Phi) is 7.87. The molecule has 0 fully saturated rings. The molecule has 0 saturated carbocycles. The minimum absolute atomic E-state index is 0.000372. The maximum Gasteiger partial charge on any atom is 0.342 e. The first kappa shape index (κ1) is 21.8. The van der Waals surface area contributed by atoms with E-state index < -0.39 is 5.97 Å². The zero-order valence-electron chi connectivity index (χ0n) is 17.0. The van der Waals surface area contributed by atoms with Gasteiger partial charge in [-0.25, -0.2) is 4.79 Å². The number of phenolic OH excluding ortho intramolecular Hbond substituents is 1. The highest BCUT2D eigenvalue weighted by atomic mass is 16.5. The lowest BCUT2D eigenvalue weighted by atomic mass is 9.94. The second-order valence-electron chi connectivity index (χ2n) is 6.87. The van der Waals surface area contributed by atoms with Gasteiger partial charge in [-0.1, -0.05) is 11.6 Å². The zero-order valence-corrected chi connectivity index (χ0v) is 17.0. The topological polar surface area (TPSA) is 94.1 Å². The van der Waals surface area contributed by atoms with Crippen molar-refractivity contribution in [2.45, 2.75) is 46.1 Å². The van der Waals surface area contributed by atoms with Crippen molar-refractivity contribution in [3.8, 4) is 11.5 Å². The molecule has 0 spiro atoms. The van der Waals surface area contributed by atoms with Gasteiger partial charge in [0.25, 0.3) is 0 Å². The molecule has 1 heterocycles. The van der Waals surface area contributed by atoms with Gasteiger partial charge in [-0.15, -0.1) is 0 Å². The first-order valence-electron chi connectivity index (χ1n) is 9.40. The largest absolute Gasteiger partial charge is 0.507 e. The van der Waals surface area contributed by atoms with Gasteiger partial charge in [-0.3, -0.25) is 4.79 Å². The fourth-order valence-electron chi connectivity index (χ4n) is 3.25. The Bertz CT molecular complexity index is 769. The molecule has 7 nitrogen and oxygen atoms in total. The first-order chi connectivity index (χ1) is 13.4. The van der Waals surface area contributed by atoms with E-state index in [1.807, 2.05) is 19.9 Å². The smallest absolute Gasteiger partial charge is 0.342 e. The van der Waals surface area contributed by atoms with Crippen LogP contribution in [0.25, 0.3) is 0 Å². The van der Waals surface area contributed by atoms with Crippen LogP contribution in [0, 0.1) is 6.92 Å². The molecule has 1 amide bonds. The van der Waals surface area contributed by atoms with Crippen LogP contribution >= 0.6 is 0 Å². The van der Waals surface area contributed by atoms with Crippen molar-refractivity contribution in [3.05, 3.63) is 33.9 Å². The number of methoxy groups -OCH3 is 2. The van der Waals surface area contributed by atoms with Crippen molar-refractivity contribution in [2.24, 2.45) is 0 Å². The highest BCUT2D eigenvalue weighted by molar-refractivity contribution is 5.98. The van der Waals surface area contributed by atoms with Crippen LogP contribution in [0.3, 0.4) is 0 Å². The number of aromatic hydroxyl groups is 1. The quantitative estimate of drug-likeness (QED) is 0.362. The number of benzene rings is 1. The summed E-state index contributed by atoms with van der Waals surface area (Å²) in [6, 6.07) is 0. The molecule has 1 aliphatic heterocycles. The molecule has 1 aliphatic rings. The number of hydrogen-bond donors (Lipinski definition) is 2. The van der Waals surface area contributed by atoms with Crippen molar-refractivity contribution in [1.82, 2.24) is 5.32 Å². The molecule has 0 unspecified atom stereocenters. The van der Waals surface area contributed by atoms with Gasteiger partial charge in [0.05, 0.1) is 7.11 Å². The minimum atomic E-state index is -0.509. The number of carbonyl (C=O) groups excluding carboxylic acids is 2. The van der Waals surface area contributed by atoms with E-state index in [2.05, 4.69) is 5.32 Å². The predicted octanol–water partition coefficient (Wildman–Crippen LogP) is 2.80. The van der Waals surface area contributed by atoms with E-state index in [1.54, 1.807) is 14.2 Å². The molecule has 0 aromatic heterocycles. The number of nitrogens with one attached hydrogen (secondary N) is 1. The maximum absolute atomic E-state index is 11.9. The van der Waals surface area contributed by atoms with Gasteiger partial charge in [-0.2, -0.15) is 0 Å². The fraction of sp³-hybridized carbons (Fsp3) is 0.524. The summed E-state index contributed by atoms with van der Waals surface area (Å²) in [5, 5.41) is 13.5. The van der Waals surface area contributed by atoms with E-state index in [4.69, 9.17) is 14.2 Å². The average Bonchev–Trinajstić information content (AvgIpc) is 3.07. The summed E-state index contributed by atoms with van der Waals surface area (Å²) in [7, 11) is 3.17. The van der Waals surface area contributed by atoms with Crippen molar-refractivity contribution < 1.29 is 28.9 Å². The molecule has 28 heavy (non-hydrogen) atoms.